The topological polar surface area (TPSA) is 17.1 Å². The molecule has 0 N–H and O–H groups in total. The molecular weight excluding hydrogens is 167 g/mol. The molecule has 1 atom stereocenters. The predicted octanol–water partition coefficient (Wildman–Crippen LogP) is 1.89. The van der Waals surface area contributed by atoms with E-state index >= 15 is 0 Å². The Morgan fingerprint density at radius 2 is 1.92 bits per heavy atom. The fourth-order valence-corrected chi connectivity index (χ4v) is 3.05. The molecule has 1 unspecified atom stereocenters. The van der Waals surface area contributed by atoms with Gasteiger partial charge in [0.15, 0.2) is 5.78 Å². The maximum Gasteiger partial charge on any atom is 0.160 e. The molecule has 0 bridgehead atoms. The van der Waals surface area contributed by atoms with E-state index in [1.165, 1.54) is 5.30 Å². The number of rotatable bonds is 1. The Balaban J connectivity index is 2.23. The highest BCUT2D eigenvalue weighted by atomic mass is 31.1. The minimum Gasteiger partial charge on any atom is -0.294 e. The second kappa shape index (κ2) is 3.20. The third-order valence-corrected chi connectivity index (χ3v) is 3.98. The Morgan fingerprint density at radius 1 is 1.17 bits per heavy atom. The van der Waals surface area contributed by atoms with Crippen molar-refractivity contribution >= 4 is 19.0 Å². The van der Waals surface area contributed by atoms with E-state index in [0.717, 1.165) is 0 Å². The summed E-state index contributed by atoms with van der Waals surface area (Å²) in [7, 11) is -0.310. The summed E-state index contributed by atoms with van der Waals surface area (Å²) in [6.07, 6.45) is 2.41. The number of hydrogen-bond acceptors (Lipinski definition) is 1. The van der Waals surface area contributed by atoms with Crippen molar-refractivity contribution < 1.29 is 4.79 Å². The molecular formula is C10H9OP. The first-order valence-electron chi connectivity index (χ1n) is 3.89. The highest BCUT2D eigenvalue weighted by Crippen LogP contribution is 2.39. The SMILES string of the molecule is O=C1C=CP(c2ccccc2)C1. The smallest absolute Gasteiger partial charge is 0.160 e. The van der Waals surface area contributed by atoms with Crippen LogP contribution in [0.25, 0.3) is 0 Å². The maximum absolute atomic E-state index is 11.0. The molecule has 1 aromatic carbocycles. The zero-order valence-electron chi connectivity index (χ0n) is 6.60. The van der Waals surface area contributed by atoms with E-state index < -0.39 is 0 Å². The van der Waals surface area contributed by atoms with E-state index in [-0.39, 0.29) is 13.7 Å². The normalized spacial score (nSPS) is 21.7. The molecule has 2 heteroatoms. The van der Waals surface area contributed by atoms with Gasteiger partial charge in [-0.2, -0.15) is 0 Å². The minimum atomic E-state index is -0.310. The van der Waals surface area contributed by atoms with Crippen LogP contribution in [0.2, 0.25) is 0 Å². The molecule has 12 heavy (non-hydrogen) atoms. The molecule has 0 aliphatic carbocycles. The van der Waals surface area contributed by atoms with Crippen LogP contribution in [-0.4, -0.2) is 11.9 Å². The van der Waals surface area contributed by atoms with Gasteiger partial charge < -0.3 is 0 Å². The van der Waals surface area contributed by atoms with Gasteiger partial charge in [-0.15, -0.1) is 0 Å². The summed E-state index contributed by atoms with van der Waals surface area (Å²) in [4.78, 5) is 11.0. The first kappa shape index (κ1) is 7.70. The number of carbonyl (C=O) groups excluding carboxylic acids is 1. The van der Waals surface area contributed by atoms with Gasteiger partial charge in [-0.3, -0.25) is 4.79 Å². The van der Waals surface area contributed by atoms with Crippen molar-refractivity contribution in [2.45, 2.75) is 0 Å². The first-order valence-corrected chi connectivity index (χ1v) is 5.48. The fraction of sp³-hybridized carbons (Fsp3) is 0.100. The lowest BCUT2D eigenvalue weighted by atomic mass is 10.4. The number of allylic oxidation sites excluding steroid dienone is 1. The van der Waals surface area contributed by atoms with Gasteiger partial charge in [0.1, 0.15) is 0 Å². The second-order valence-corrected chi connectivity index (χ2v) is 4.82. The summed E-state index contributed by atoms with van der Waals surface area (Å²) in [5.74, 6) is 2.32. The van der Waals surface area contributed by atoms with Gasteiger partial charge >= 0.3 is 0 Å². The van der Waals surface area contributed by atoms with Gasteiger partial charge in [-0.05, 0) is 19.3 Å². The van der Waals surface area contributed by atoms with Crippen LogP contribution >= 0.6 is 7.92 Å². The van der Waals surface area contributed by atoms with Crippen LogP contribution in [0, 0.1) is 0 Å². The number of ketones is 1. The Hall–Kier alpha value is -0.940. The molecule has 1 heterocycles. The third kappa shape index (κ3) is 1.46. The molecule has 1 nitrogen and oxygen atoms in total. The molecule has 2 rings (SSSR count). The third-order valence-electron chi connectivity index (χ3n) is 1.85. The predicted molar refractivity (Wildman–Crippen MR) is 52.0 cm³/mol. The Bertz CT molecular complexity index is 316. The van der Waals surface area contributed by atoms with Crippen molar-refractivity contribution in [1.29, 1.82) is 0 Å². The molecule has 0 fully saturated rings. The average Bonchev–Trinajstić information content (AvgIpc) is 2.54. The molecule has 0 saturated heterocycles. The molecule has 1 aromatic rings. The Morgan fingerprint density at radius 3 is 2.50 bits per heavy atom. The van der Waals surface area contributed by atoms with Crippen molar-refractivity contribution in [2.75, 3.05) is 6.16 Å². The summed E-state index contributed by atoms with van der Waals surface area (Å²) in [5, 5.41) is 1.30. The standard InChI is InChI=1S/C10H9OP/c11-9-6-7-12(8-9)10-4-2-1-3-5-10/h1-7H,8H2. The van der Waals surface area contributed by atoms with E-state index in [2.05, 4.69) is 12.1 Å². The average molecular weight is 176 g/mol. The quantitative estimate of drug-likeness (QED) is 0.597. The molecule has 60 valence electrons. The molecule has 1 aliphatic heterocycles. The van der Waals surface area contributed by atoms with Crippen LogP contribution in [0.15, 0.2) is 42.2 Å². The summed E-state index contributed by atoms with van der Waals surface area (Å²) in [6.45, 7) is 0. The fourth-order valence-electron chi connectivity index (χ4n) is 1.24. The monoisotopic (exact) mass is 176 g/mol. The molecule has 0 amide bonds. The molecule has 1 aliphatic rings. The summed E-state index contributed by atoms with van der Waals surface area (Å²) >= 11 is 0. The molecule has 0 spiro atoms. The van der Waals surface area contributed by atoms with Crippen molar-refractivity contribution in [3.8, 4) is 0 Å². The van der Waals surface area contributed by atoms with E-state index in [1.807, 2.05) is 24.0 Å². The van der Waals surface area contributed by atoms with Gasteiger partial charge in [0.2, 0.25) is 0 Å². The van der Waals surface area contributed by atoms with Crippen LogP contribution in [0.1, 0.15) is 0 Å². The first-order chi connectivity index (χ1) is 5.86. The highest BCUT2D eigenvalue weighted by Gasteiger charge is 2.16. The van der Waals surface area contributed by atoms with E-state index in [4.69, 9.17) is 0 Å². The summed E-state index contributed by atoms with van der Waals surface area (Å²) in [6, 6.07) is 10.2. The zero-order chi connectivity index (χ0) is 8.39. The van der Waals surface area contributed by atoms with Crippen LogP contribution < -0.4 is 5.30 Å². The number of benzene rings is 1. The zero-order valence-corrected chi connectivity index (χ0v) is 7.50. The van der Waals surface area contributed by atoms with E-state index in [0.29, 0.717) is 6.16 Å². The van der Waals surface area contributed by atoms with Crippen LogP contribution in [0.5, 0.6) is 0 Å². The number of hydrogen-bond donors (Lipinski definition) is 0. The van der Waals surface area contributed by atoms with Crippen molar-refractivity contribution in [3.63, 3.8) is 0 Å². The maximum atomic E-state index is 11.0. The number of carbonyl (C=O) groups is 1. The summed E-state index contributed by atoms with van der Waals surface area (Å²) < 4.78 is 0. The van der Waals surface area contributed by atoms with Crippen LogP contribution in [0.4, 0.5) is 0 Å². The van der Waals surface area contributed by atoms with Crippen molar-refractivity contribution in [1.82, 2.24) is 0 Å². The minimum absolute atomic E-state index is 0.268. The van der Waals surface area contributed by atoms with Gasteiger partial charge in [0.05, 0.1) is 0 Å². The lowest BCUT2D eigenvalue weighted by Gasteiger charge is -2.05. The molecule has 0 aromatic heterocycles. The van der Waals surface area contributed by atoms with Crippen molar-refractivity contribution in [2.24, 2.45) is 0 Å². The van der Waals surface area contributed by atoms with Crippen LogP contribution in [-0.2, 0) is 4.79 Å². The lowest BCUT2D eigenvalue weighted by molar-refractivity contribution is -0.112. The van der Waals surface area contributed by atoms with Crippen molar-refractivity contribution in [3.05, 3.63) is 42.2 Å². The largest absolute Gasteiger partial charge is 0.294 e. The van der Waals surface area contributed by atoms with Gasteiger partial charge in [0.25, 0.3) is 0 Å². The second-order valence-electron chi connectivity index (χ2n) is 2.75. The molecule has 0 radical (unpaired) electrons. The Kier molecular flexibility index (Phi) is 2.05. The Labute approximate surface area is 72.9 Å². The van der Waals surface area contributed by atoms with E-state index in [9.17, 15) is 4.79 Å². The van der Waals surface area contributed by atoms with Crippen LogP contribution in [0.3, 0.4) is 0 Å². The van der Waals surface area contributed by atoms with Gasteiger partial charge in [0, 0.05) is 6.16 Å². The molecule has 0 saturated carbocycles. The van der Waals surface area contributed by atoms with Gasteiger partial charge in [-0.25, -0.2) is 0 Å². The summed E-state index contributed by atoms with van der Waals surface area (Å²) in [5.41, 5.74) is 0. The lowest BCUT2D eigenvalue weighted by Crippen LogP contribution is -2.01. The van der Waals surface area contributed by atoms with Gasteiger partial charge in [-0.1, -0.05) is 36.1 Å². The highest BCUT2D eigenvalue weighted by molar-refractivity contribution is 7.70. The van der Waals surface area contributed by atoms with E-state index in [1.54, 1.807) is 6.08 Å².